The van der Waals surface area contributed by atoms with Crippen molar-refractivity contribution >= 4 is 35.8 Å². The number of piperidine rings is 1. The molecule has 1 aromatic heterocycles. The molecule has 1 fully saturated rings. The first-order valence-electron chi connectivity index (χ1n) is 11.2. The first kappa shape index (κ1) is 24.4. The lowest BCUT2D eigenvalue weighted by Gasteiger charge is -2.33. The van der Waals surface area contributed by atoms with Gasteiger partial charge in [0.1, 0.15) is 23.4 Å². The number of halogens is 1. The zero-order valence-corrected chi connectivity index (χ0v) is 21.5. The third kappa shape index (κ3) is 5.96. The number of pyridine rings is 1. The highest BCUT2D eigenvalue weighted by atomic mass is 127. The lowest BCUT2D eigenvalue weighted by Crippen LogP contribution is -2.48. The highest BCUT2D eigenvalue weighted by Crippen LogP contribution is 2.35. The first-order chi connectivity index (χ1) is 15.2. The molecular weight excluding hydrogens is 517 g/mol. The number of guanidine groups is 1. The molecule has 3 heterocycles. The van der Waals surface area contributed by atoms with E-state index in [1.54, 1.807) is 7.11 Å². The smallest absolute Gasteiger partial charge is 0.191 e. The van der Waals surface area contributed by atoms with Crippen LogP contribution in [0.25, 0.3) is 0 Å². The van der Waals surface area contributed by atoms with Crippen LogP contribution in [0.5, 0.6) is 11.5 Å². The summed E-state index contributed by atoms with van der Waals surface area (Å²) < 4.78 is 11.5. The second-order valence-corrected chi connectivity index (χ2v) is 8.19. The third-order valence-electron chi connectivity index (χ3n) is 5.86. The van der Waals surface area contributed by atoms with Crippen LogP contribution in [0.4, 0.5) is 5.82 Å². The fourth-order valence-electron chi connectivity index (χ4n) is 4.27. The Bertz CT molecular complexity index is 901. The molecule has 2 N–H and O–H groups in total. The zero-order valence-electron chi connectivity index (χ0n) is 19.1. The molecule has 4 rings (SSSR count). The maximum absolute atomic E-state index is 5.92. The molecule has 1 aromatic carbocycles. The Kier molecular flexibility index (Phi) is 8.84. The minimum atomic E-state index is 0. The Labute approximate surface area is 208 Å². The molecule has 0 aliphatic carbocycles. The number of fused-ring (bicyclic) bond motifs is 1. The van der Waals surface area contributed by atoms with Crippen LogP contribution in [0.2, 0.25) is 0 Å². The van der Waals surface area contributed by atoms with Crippen molar-refractivity contribution in [2.75, 3.05) is 31.6 Å². The molecule has 8 heteroatoms. The molecule has 0 radical (unpaired) electrons. The van der Waals surface area contributed by atoms with Crippen molar-refractivity contribution in [3.63, 3.8) is 0 Å². The van der Waals surface area contributed by atoms with Crippen LogP contribution in [0.1, 0.15) is 37.8 Å². The first-order valence-corrected chi connectivity index (χ1v) is 11.2. The molecule has 0 saturated carbocycles. The quantitative estimate of drug-likeness (QED) is 0.324. The van der Waals surface area contributed by atoms with Crippen molar-refractivity contribution in [3.05, 3.63) is 47.7 Å². The highest BCUT2D eigenvalue weighted by Gasteiger charge is 2.23. The third-order valence-corrected chi connectivity index (χ3v) is 5.86. The summed E-state index contributed by atoms with van der Waals surface area (Å²) in [7, 11) is 1.72. The number of hydrogen-bond donors (Lipinski definition) is 2. The number of aromatic nitrogens is 1. The predicted octanol–water partition coefficient (Wildman–Crippen LogP) is 3.76. The summed E-state index contributed by atoms with van der Waals surface area (Å²) in [6.45, 7) is 7.52. The zero-order chi connectivity index (χ0) is 21.6. The Hall–Kier alpha value is -2.23. The van der Waals surface area contributed by atoms with Crippen LogP contribution in [-0.2, 0) is 13.0 Å². The van der Waals surface area contributed by atoms with E-state index in [0.717, 1.165) is 67.7 Å². The molecule has 1 saturated heterocycles. The van der Waals surface area contributed by atoms with Crippen molar-refractivity contribution in [3.8, 4) is 11.5 Å². The van der Waals surface area contributed by atoms with Crippen LogP contribution in [0.15, 0.2) is 41.5 Å². The van der Waals surface area contributed by atoms with Gasteiger partial charge in [-0.1, -0.05) is 6.07 Å². The van der Waals surface area contributed by atoms with Crippen molar-refractivity contribution < 1.29 is 9.47 Å². The van der Waals surface area contributed by atoms with Crippen LogP contribution in [-0.4, -0.2) is 49.8 Å². The van der Waals surface area contributed by atoms with Gasteiger partial charge in [-0.3, -0.25) is 0 Å². The van der Waals surface area contributed by atoms with Crippen LogP contribution >= 0.6 is 24.0 Å². The van der Waals surface area contributed by atoms with E-state index in [1.165, 1.54) is 5.56 Å². The second-order valence-electron chi connectivity index (χ2n) is 8.19. The van der Waals surface area contributed by atoms with Gasteiger partial charge in [-0.25, -0.2) is 9.98 Å². The van der Waals surface area contributed by atoms with Gasteiger partial charge in [0.05, 0.1) is 13.7 Å². The molecule has 174 valence electrons. The number of anilines is 1. The van der Waals surface area contributed by atoms with Gasteiger partial charge in [0.25, 0.3) is 0 Å². The standard InChI is InChI=1S/C24H33N5O2.HI/c1-4-25-24(28-20-8-11-29(12-9-20)23-7-5-6-10-26-23)27-16-19-15-22-18(13-17(2)31-22)14-21(19)30-3;/h5-7,10,14-15,17,20H,4,8-9,11-13,16H2,1-3H3,(H2,25,27,28);1H. The number of hydrogen-bond acceptors (Lipinski definition) is 5. The molecule has 2 aliphatic heterocycles. The van der Waals surface area contributed by atoms with Crippen molar-refractivity contribution in [1.82, 2.24) is 15.6 Å². The minimum absolute atomic E-state index is 0. The van der Waals surface area contributed by atoms with Gasteiger partial charge in [0.2, 0.25) is 0 Å². The fraction of sp³-hybridized carbons (Fsp3) is 0.500. The average Bonchev–Trinajstić information content (AvgIpc) is 3.16. The van der Waals surface area contributed by atoms with E-state index < -0.39 is 0 Å². The number of rotatable bonds is 6. The molecule has 0 bridgehead atoms. The van der Waals surface area contributed by atoms with Crippen molar-refractivity contribution in [2.45, 2.75) is 51.8 Å². The van der Waals surface area contributed by atoms with E-state index in [0.29, 0.717) is 12.6 Å². The van der Waals surface area contributed by atoms with Crippen molar-refractivity contribution in [1.29, 1.82) is 0 Å². The predicted molar refractivity (Wildman–Crippen MR) is 140 cm³/mol. The largest absolute Gasteiger partial charge is 0.496 e. The number of nitrogens with zero attached hydrogens (tertiary/aromatic N) is 3. The molecule has 7 nitrogen and oxygen atoms in total. The summed E-state index contributed by atoms with van der Waals surface area (Å²) in [4.78, 5) is 11.7. The van der Waals surface area contributed by atoms with Crippen LogP contribution in [0.3, 0.4) is 0 Å². The summed E-state index contributed by atoms with van der Waals surface area (Å²) in [6, 6.07) is 10.6. The Morgan fingerprint density at radius 3 is 2.78 bits per heavy atom. The van der Waals surface area contributed by atoms with Crippen molar-refractivity contribution in [2.24, 2.45) is 4.99 Å². The molecule has 2 aliphatic rings. The van der Waals surface area contributed by atoms with E-state index in [1.807, 2.05) is 18.3 Å². The Morgan fingerprint density at radius 1 is 1.28 bits per heavy atom. The number of methoxy groups -OCH3 is 1. The molecule has 32 heavy (non-hydrogen) atoms. The van der Waals surface area contributed by atoms with E-state index in [2.05, 4.69) is 52.6 Å². The average molecular weight is 551 g/mol. The van der Waals surface area contributed by atoms with Gasteiger partial charge in [-0.15, -0.1) is 24.0 Å². The maximum atomic E-state index is 5.92. The monoisotopic (exact) mass is 551 g/mol. The second kappa shape index (κ2) is 11.6. The lowest BCUT2D eigenvalue weighted by atomic mass is 10.1. The summed E-state index contributed by atoms with van der Waals surface area (Å²) in [5.74, 6) is 3.73. The van der Waals surface area contributed by atoms with Crippen LogP contribution < -0.4 is 25.0 Å². The molecule has 0 spiro atoms. The van der Waals surface area contributed by atoms with Gasteiger partial charge in [-0.2, -0.15) is 0 Å². The lowest BCUT2D eigenvalue weighted by molar-refractivity contribution is 0.254. The Balaban J connectivity index is 0.00000289. The molecule has 0 amide bonds. The highest BCUT2D eigenvalue weighted by molar-refractivity contribution is 14.0. The Morgan fingerprint density at radius 2 is 2.09 bits per heavy atom. The summed E-state index contributed by atoms with van der Waals surface area (Å²) in [5.41, 5.74) is 2.25. The summed E-state index contributed by atoms with van der Waals surface area (Å²) in [6.07, 6.45) is 5.10. The molecule has 2 aromatic rings. The normalized spacial score (nSPS) is 18.4. The number of ether oxygens (including phenoxy) is 2. The van der Waals surface area contributed by atoms with Gasteiger partial charge >= 0.3 is 0 Å². The maximum Gasteiger partial charge on any atom is 0.191 e. The van der Waals surface area contributed by atoms with E-state index in [9.17, 15) is 0 Å². The molecule has 1 unspecified atom stereocenters. The van der Waals surface area contributed by atoms with E-state index in [-0.39, 0.29) is 30.1 Å². The summed E-state index contributed by atoms with van der Waals surface area (Å²) in [5, 5.41) is 7.00. The molecular formula is C24H34IN5O2. The summed E-state index contributed by atoms with van der Waals surface area (Å²) >= 11 is 0. The minimum Gasteiger partial charge on any atom is -0.496 e. The fourth-order valence-corrected chi connectivity index (χ4v) is 4.27. The van der Waals surface area contributed by atoms with Gasteiger partial charge in [0, 0.05) is 49.4 Å². The number of aliphatic imine (C=N–C) groups is 1. The number of benzene rings is 1. The van der Waals surface area contributed by atoms with Gasteiger partial charge in [-0.05, 0) is 51.0 Å². The molecule has 1 atom stereocenters. The van der Waals surface area contributed by atoms with Gasteiger partial charge in [0.15, 0.2) is 5.96 Å². The topological polar surface area (TPSA) is 71.0 Å². The number of nitrogens with one attached hydrogen (secondary N) is 2. The van der Waals surface area contributed by atoms with Gasteiger partial charge < -0.3 is 25.0 Å². The van der Waals surface area contributed by atoms with E-state index >= 15 is 0 Å². The van der Waals surface area contributed by atoms with E-state index in [4.69, 9.17) is 14.5 Å². The van der Waals surface area contributed by atoms with Crippen LogP contribution in [0, 0.1) is 0 Å². The SMILES string of the molecule is CCNC(=NCc1cc2c(cc1OC)CC(C)O2)NC1CCN(c2ccccn2)CC1.I.